The van der Waals surface area contributed by atoms with Crippen LogP contribution >= 0.6 is 11.6 Å². The molecule has 5 rings (SSSR count). The Labute approximate surface area is 200 Å². The first kappa shape index (κ1) is 22.2. The number of carbonyl (C=O) groups excluding carboxylic acids is 1. The van der Waals surface area contributed by atoms with Crippen molar-refractivity contribution < 1.29 is 9.53 Å². The van der Waals surface area contributed by atoms with Gasteiger partial charge in [-0.1, -0.05) is 49.2 Å². The Hall–Kier alpha value is -2.57. The highest BCUT2D eigenvalue weighted by Gasteiger charge is 2.42. The zero-order valence-electron chi connectivity index (χ0n) is 19.2. The largest absolute Gasteiger partial charge is 0.494 e. The lowest BCUT2D eigenvalue weighted by molar-refractivity contribution is -0.119. The second kappa shape index (κ2) is 9.35. The van der Waals surface area contributed by atoms with Gasteiger partial charge in [-0.2, -0.15) is 5.10 Å². The number of para-hydroxylation sites is 1. The Bertz CT molecular complexity index is 1030. The fourth-order valence-corrected chi connectivity index (χ4v) is 5.83. The lowest BCUT2D eigenvalue weighted by Crippen LogP contribution is -2.45. The lowest BCUT2D eigenvalue weighted by Gasteiger charge is -2.27. The van der Waals surface area contributed by atoms with Crippen LogP contribution in [-0.4, -0.2) is 36.3 Å². The molecule has 4 atom stereocenters. The number of nitrogens with zero attached hydrogens (tertiary/aromatic N) is 3. The summed E-state index contributed by atoms with van der Waals surface area (Å²) < 4.78 is 5.61. The molecule has 7 heteroatoms. The number of fused-ring (bicyclic) bond motifs is 1. The summed E-state index contributed by atoms with van der Waals surface area (Å²) in [5.41, 5.74) is 5.54. The van der Waals surface area contributed by atoms with Crippen molar-refractivity contribution in [1.82, 2.24) is 10.4 Å². The molecule has 0 radical (unpaired) electrons. The predicted molar refractivity (Wildman–Crippen MR) is 131 cm³/mol. The molecule has 1 N–H and O–H groups in total. The maximum atomic E-state index is 13.3. The van der Waals surface area contributed by atoms with E-state index in [0.29, 0.717) is 29.2 Å². The van der Waals surface area contributed by atoms with Crippen molar-refractivity contribution in [2.75, 3.05) is 24.7 Å². The van der Waals surface area contributed by atoms with Crippen molar-refractivity contribution in [3.8, 4) is 5.75 Å². The van der Waals surface area contributed by atoms with Crippen LogP contribution in [-0.2, 0) is 4.79 Å². The van der Waals surface area contributed by atoms with Crippen LogP contribution in [0.4, 0.5) is 5.69 Å². The van der Waals surface area contributed by atoms with E-state index in [9.17, 15) is 4.79 Å². The Morgan fingerprint density at radius 2 is 1.82 bits per heavy atom. The molecule has 2 heterocycles. The van der Waals surface area contributed by atoms with Crippen LogP contribution in [0.2, 0.25) is 5.02 Å². The summed E-state index contributed by atoms with van der Waals surface area (Å²) in [6.45, 7) is 6.53. The van der Waals surface area contributed by atoms with Gasteiger partial charge in [-0.25, -0.2) is 5.01 Å². The number of nitrogens with one attached hydrogen (secondary N) is 1. The number of hydrazone groups is 1. The molecule has 0 aromatic heterocycles. The number of ether oxygens (including phenoxy) is 1. The molecule has 6 nitrogen and oxygen atoms in total. The summed E-state index contributed by atoms with van der Waals surface area (Å²) in [7, 11) is 0. The quantitative estimate of drug-likeness (QED) is 0.646. The smallest absolute Gasteiger partial charge is 0.282 e. The Balaban J connectivity index is 1.41. The van der Waals surface area contributed by atoms with Crippen LogP contribution in [0.3, 0.4) is 0 Å². The van der Waals surface area contributed by atoms with E-state index in [2.05, 4.69) is 17.4 Å². The van der Waals surface area contributed by atoms with Gasteiger partial charge in [0.2, 0.25) is 0 Å². The second-order valence-corrected chi connectivity index (χ2v) is 9.72. The lowest BCUT2D eigenvalue weighted by atomic mass is 9.91. The normalized spacial score (nSPS) is 26.9. The van der Waals surface area contributed by atoms with Crippen LogP contribution in [0.1, 0.15) is 44.7 Å². The van der Waals surface area contributed by atoms with Gasteiger partial charge >= 0.3 is 0 Å². The number of benzene rings is 2. The Kier molecular flexibility index (Phi) is 6.30. The Morgan fingerprint density at radius 1 is 1.12 bits per heavy atom. The third-order valence-corrected chi connectivity index (χ3v) is 7.55. The molecule has 1 saturated heterocycles. The zero-order valence-corrected chi connectivity index (χ0v) is 20.0. The van der Waals surface area contributed by atoms with Crippen molar-refractivity contribution in [3.05, 3.63) is 59.1 Å². The average Bonchev–Trinajstić information content (AvgIpc) is 3.48. The fraction of sp³-hybridized carbons (Fsp3) is 0.462. The third kappa shape index (κ3) is 4.34. The minimum Gasteiger partial charge on any atom is -0.494 e. The number of anilines is 1. The van der Waals surface area contributed by atoms with E-state index in [-0.39, 0.29) is 17.9 Å². The molecule has 1 aliphatic carbocycles. The first-order valence-corrected chi connectivity index (χ1v) is 12.3. The van der Waals surface area contributed by atoms with Crippen LogP contribution in [0, 0.1) is 17.8 Å². The highest BCUT2D eigenvalue weighted by atomic mass is 35.5. The van der Waals surface area contributed by atoms with E-state index in [1.54, 1.807) is 0 Å². The van der Waals surface area contributed by atoms with Gasteiger partial charge in [0.1, 0.15) is 11.5 Å². The van der Waals surface area contributed by atoms with Crippen molar-refractivity contribution in [2.45, 2.75) is 39.2 Å². The van der Waals surface area contributed by atoms with Crippen LogP contribution in [0.15, 0.2) is 53.6 Å². The first-order chi connectivity index (χ1) is 16.0. The van der Waals surface area contributed by atoms with E-state index in [0.717, 1.165) is 30.1 Å². The van der Waals surface area contributed by atoms with Gasteiger partial charge in [0.25, 0.3) is 5.91 Å². The molecule has 3 aliphatic rings. The maximum absolute atomic E-state index is 13.3. The van der Waals surface area contributed by atoms with Crippen molar-refractivity contribution in [2.24, 2.45) is 22.9 Å². The molecule has 0 spiro atoms. The monoisotopic (exact) mass is 466 g/mol. The minimum absolute atomic E-state index is 0.110. The Morgan fingerprint density at radius 3 is 2.48 bits per heavy atom. The molecule has 1 amide bonds. The number of halogens is 1. The summed E-state index contributed by atoms with van der Waals surface area (Å²) in [6.07, 6.45) is 3.86. The SMILES string of the molecule is CCOc1ccc(C2C(C)C(C(=O)NN3CC4CCCC4C3)=NN2c2ccccc2Cl)cc1. The molecule has 2 aromatic carbocycles. The highest BCUT2D eigenvalue weighted by molar-refractivity contribution is 6.40. The van der Waals surface area contributed by atoms with Crippen LogP contribution < -0.4 is 15.2 Å². The second-order valence-electron chi connectivity index (χ2n) is 9.31. The van der Waals surface area contributed by atoms with E-state index in [1.807, 2.05) is 60.5 Å². The van der Waals surface area contributed by atoms with Crippen LogP contribution in [0.25, 0.3) is 0 Å². The molecule has 2 aromatic rings. The number of rotatable bonds is 6. The summed E-state index contributed by atoms with van der Waals surface area (Å²) in [6, 6.07) is 15.5. The van der Waals surface area contributed by atoms with Gasteiger partial charge in [0, 0.05) is 19.0 Å². The number of hydrogen-bond donors (Lipinski definition) is 1. The zero-order chi connectivity index (χ0) is 22.9. The van der Waals surface area contributed by atoms with E-state index in [4.69, 9.17) is 21.4 Å². The van der Waals surface area contributed by atoms with E-state index in [1.165, 1.54) is 19.3 Å². The van der Waals surface area contributed by atoms with Gasteiger partial charge in [0.05, 0.1) is 23.4 Å². The summed E-state index contributed by atoms with van der Waals surface area (Å²) in [5, 5.41) is 9.43. The minimum atomic E-state index is -0.140. The van der Waals surface area contributed by atoms with Gasteiger partial charge in [-0.15, -0.1) is 0 Å². The van der Waals surface area contributed by atoms with Gasteiger partial charge in [-0.3, -0.25) is 15.2 Å². The van der Waals surface area contributed by atoms with E-state index >= 15 is 0 Å². The standard InChI is InChI=1S/C26H31ClN4O2/c1-3-33-21-13-11-18(12-14-21)25-17(2)24(28-31(25)23-10-5-4-9-22(23)27)26(32)29-30-15-19-7-6-8-20(19)16-30/h4-5,9-14,17,19-20,25H,3,6-8,15-16H2,1-2H3,(H,29,32). The van der Waals surface area contributed by atoms with Crippen molar-refractivity contribution in [3.63, 3.8) is 0 Å². The average molecular weight is 467 g/mol. The molecule has 0 bridgehead atoms. The van der Waals surface area contributed by atoms with Crippen molar-refractivity contribution in [1.29, 1.82) is 0 Å². The van der Waals surface area contributed by atoms with Gasteiger partial charge in [0.15, 0.2) is 0 Å². The maximum Gasteiger partial charge on any atom is 0.282 e. The van der Waals surface area contributed by atoms with E-state index < -0.39 is 0 Å². The molecule has 4 unspecified atom stereocenters. The van der Waals surface area contributed by atoms with Gasteiger partial charge < -0.3 is 4.74 Å². The molecular formula is C26H31ClN4O2. The number of hydrazine groups is 1. The molecule has 2 aliphatic heterocycles. The van der Waals surface area contributed by atoms with Gasteiger partial charge in [-0.05, 0) is 61.4 Å². The predicted octanol–water partition coefficient (Wildman–Crippen LogP) is 5.06. The number of hydrogen-bond acceptors (Lipinski definition) is 5. The molecule has 33 heavy (non-hydrogen) atoms. The van der Waals surface area contributed by atoms with Crippen molar-refractivity contribution >= 4 is 28.9 Å². The molecule has 1 saturated carbocycles. The topological polar surface area (TPSA) is 57.2 Å². The molecule has 174 valence electrons. The fourth-order valence-electron chi connectivity index (χ4n) is 5.61. The summed E-state index contributed by atoms with van der Waals surface area (Å²) in [4.78, 5) is 13.3. The third-order valence-electron chi connectivity index (χ3n) is 7.23. The summed E-state index contributed by atoms with van der Waals surface area (Å²) in [5.74, 6) is 2.03. The molecular weight excluding hydrogens is 436 g/mol. The number of amides is 1. The molecule has 2 fully saturated rings. The first-order valence-electron chi connectivity index (χ1n) is 12.0. The number of carbonyl (C=O) groups is 1. The van der Waals surface area contributed by atoms with Crippen LogP contribution in [0.5, 0.6) is 5.75 Å². The summed E-state index contributed by atoms with van der Waals surface area (Å²) >= 11 is 6.55. The highest BCUT2D eigenvalue weighted by Crippen LogP contribution is 2.42.